The fraction of sp³-hybridized carbons (Fsp3) is 0.375. The second-order valence-corrected chi connectivity index (χ2v) is 5.74. The lowest BCUT2D eigenvalue weighted by Crippen LogP contribution is -2.10. The van der Waals surface area contributed by atoms with Gasteiger partial charge in [-0.15, -0.1) is 0 Å². The smallest absolute Gasteiger partial charge is 0.364 e. The molecule has 1 saturated carbocycles. The van der Waals surface area contributed by atoms with E-state index in [1.54, 1.807) is 13.8 Å². The maximum Gasteiger partial charge on any atom is 0.364 e. The number of rotatable bonds is 5. The normalized spacial score (nSPS) is 23.5. The van der Waals surface area contributed by atoms with Gasteiger partial charge in [-0.3, -0.25) is 4.79 Å². The number of carboxylic acid groups (broad SMARTS) is 1. The summed E-state index contributed by atoms with van der Waals surface area (Å²) in [7, 11) is 0. The van der Waals surface area contributed by atoms with E-state index in [0.29, 0.717) is 0 Å². The molecule has 1 N–H and O–H groups in total. The Balaban J connectivity index is 1.97. The molecule has 1 aromatic carbocycles. The summed E-state index contributed by atoms with van der Waals surface area (Å²) in [4.78, 5) is 22.5. The van der Waals surface area contributed by atoms with Crippen LogP contribution in [0.1, 0.15) is 19.4 Å². The largest absolute Gasteiger partial charge is 0.476 e. The van der Waals surface area contributed by atoms with Gasteiger partial charge >= 0.3 is 11.9 Å². The molecule has 0 heterocycles. The molecule has 1 fully saturated rings. The third-order valence-corrected chi connectivity index (χ3v) is 3.92. The van der Waals surface area contributed by atoms with Crippen LogP contribution in [0, 0.1) is 17.3 Å². The molecule has 5 heteroatoms. The van der Waals surface area contributed by atoms with Crippen molar-refractivity contribution >= 4 is 11.9 Å². The predicted molar refractivity (Wildman–Crippen MR) is 73.8 cm³/mol. The Morgan fingerprint density at radius 2 is 1.95 bits per heavy atom. The van der Waals surface area contributed by atoms with Crippen molar-refractivity contribution in [1.82, 2.24) is 0 Å². The SMILES string of the molecule is CC1(C)[C@H](C(=O)OCc2ccccc2)[C@@H]1/C=C(/F)C(=O)O. The average molecular weight is 292 g/mol. The first kappa shape index (κ1) is 15.2. The first-order valence-corrected chi connectivity index (χ1v) is 6.65. The minimum atomic E-state index is -1.62. The molecule has 0 aliphatic heterocycles. The van der Waals surface area contributed by atoms with Crippen LogP contribution in [0.25, 0.3) is 0 Å². The molecule has 1 aliphatic rings. The zero-order valence-electron chi connectivity index (χ0n) is 11.9. The molecule has 2 rings (SSSR count). The van der Waals surface area contributed by atoms with Crippen molar-refractivity contribution in [2.24, 2.45) is 17.3 Å². The number of halogens is 1. The van der Waals surface area contributed by atoms with Gasteiger partial charge in [-0.1, -0.05) is 44.2 Å². The van der Waals surface area contributed by atoms with E-state index in [1.807, 2.05) is 30.3 Å². The van der Waals surface area contributed by atoms with Crippen LogP contribution in [-0.2, 0) is 20.9 Å². The van der Waals surface area contributed by atoms with Crippen molar-refractivity contribution in [1.29, 1.82) is 0 Å². The minimum absolute atomic E-state index is 0.157. The van der Waals surface area contributed by atoms with Crippen LogP contribution in [0.15, 0.2) is 42.2 Å². The van der Waals surface area contributed by atoms with Crippen LogP contribution in [0.4, 0.5) is 4.39 Å². The van der Waals surface area contributed by atoms with Gasteiger partial charge in [0.2, 0.25) is 5.83 Å². The van der Waals surface area contributed by atoms with E-state index in [4.69, 9.17) is 9.84 Å². The van der Waals surface area contributed by atoms with Crippen molar-refractivity contribution < 1.29 is 23.8 Å². The zero-order valence-corrected chi connectivity index (χ0v) is 11.9. The number of esters is 1. The Kier molecular flexibility index (Phi) is 4.11. The molecule has 0 spiro atoms. The molecule has 2 atom stereocenters. The van der Waals surface area contributed by atoms with Crippen molar-refractivity contribution in [2.45, 2.75) is 20.5 Å². The van der Waals surface area contributed by atoms with E-state index in [2.05, 4.69) is 0 Å². The van der Waals surface area contributed by atoms with Crippen molar-refractivity contribution in [2.75, 3.05) is 0 Å². The first-order valence-electron chi connectivity index (χ1n) is 6.65. The van der Waals surface area contributed by atoms with Gasteiger partial charge in [0.05, 0.1) is 5.92 Å². The monoisotopic (exact) mass is 292 g/mol. The molecule has 21 heavy (non-hydrogen) atoms. The van der Waals surface area contributed by atoms with Crippen LogP contribution in [-0.4, -0.2) is 17.0 Å². The molecule has 1 aliphatic carbocycles. The highest BCUT2D eigenvalue weighted by Gasteiger charge is 2.61. The Morgan fingerprint density at radius 3 is 2.52 bits per heavy atom. The highest BCUT2D eigenvalue weighted by Crippen LogP contribution is 2.59. The Bertz CT molecular complexity index is 577. The number of hydrogen-bond donors (Lipinski definition) is 1. The molecular weight excluding hydrogens is 275 g/mol. The molecule has 0 radical (unpaired) electrons. The van der Waals surface area contributed by atoms with E-state index in [0.717, 1.165) is 11.6 Å². The fourth-order valence-electron chi connectivity index (χ4n) is 2.49. The molecule has 0 amide bonds. The molecule has 0 unspecified atom stereocenters. The van der Waals surface area contributed by atoms with Crippen molar-refractivity contribution in [3.05, 3.63) is 47.8 Å². The average Bonchev–Trinajstić information content (AvgIpc) is 2.98. The van der Waals surface area contributed by atoms with Crippen LogP contribution in [0.2, 0.25) is 0 Å². The van der Waals surface area contributed by atoms with Gasteiger partial charge in [0.15, 0.2) is 0 Å². The van der Waals surface area contributed by atoms with Crippen LogP contribution in [0.3, 0.4) is 0 Å². The van der Waals surface area contributed by atoms with Gasteiger partial charge in [0, 0.05) is 0 Å². The van der Waals surface area contributed by atoms with Crippen LogP contribution in [0.5, 0.6) is 0 Å². The topological polar surface area (TPSA) is 63.6 Å². The van der Waals surface area contributed by atoms with E-state index in [1.165, 1.54) is 0 Å². The number of aliphatic carboxylic acids is 1. The Hall–Kier alpha value is -2.17. The second kappa shape index (κ2) is 5.68. The molecule has 112 valence electrons. The zero-order chi connectivity index (χ0) is 15.6. The number of allylic oxidation sites excluding steroid dienone is 1. The maximum atomic E-state index is 13.2. The van der Waals surface area contributed by atoms with Crippen LogP contribution < -0.4 is 0 Å². The highest BCUT2D eigenvalue weighted by atomic mass is 19.1. The van der Waals surface area contributed by atoms with Crippen molar-refractivity contribution in [3.8, 4) is 0 Å². The predicted octanol–water partition coefficient (Wildman–Crippen LogP) is 2.94. The lowest BCUT2D eigenvalue weighted by molar-refractivity contribution is -0.147. The number of ether oxygens (including phenoxy) is 1. The van der Waals surface area contributed by atoms with Crippen LogP contribution >= 0.6 is 0 Å². The van der Waals surface area contributed by atoms with Gasteiger partial charge in [0.25, 0.3) is 0 Å². The number of carboxylic acids is 1. The van der Waals surface area contributed by atoms with E-state index in [9.17, 15) is 14.0 Å². The summed E-state index contributed by atoms with van der Waals surface area (Å²) < 4.78 is 18.4. The summed E-state index contributed by atoms with van der Waals surface area (Å²) in [6, 6.07) is 9.24. The summed E-state index contributed by atoms with van der Waals surface area (Å²) in [5, 5.41) is 8.55. The summed E-state index contributed by atoms with van der Waals surface area (Å²) >= 11 is 0. The number of carbonyl (C=O) groups excluding carboxylic acids is 1. The summed E-state index contributed by atoms with van der Waals surface area (Å²) in [5.41, 5.74) is 0.383. The van der Waals surface area contributed by atoms with Gasteiger partial charge in [-0.25, -0.2) is 4.79 Å². The molecule has 1 aromatic rings. The number of benzene rings is 1. The lowest BCUT2D eigenvalue weighted by atomic mass is 10.1. The van der Waals surface area contributed by atoms with Crippen molar-refractivity contribution in [3.63, 3.8) is 0 Å². The first-order chi connectivity index (χ1) is 9.84. The van der Waals surface area contributed by atoms with E-state index < -0.39 is 35.0 Å². The molecule has 0 bridgehead atoms. The lowest BCUT2D eigenvalue weighted by Gasteiger charge is -2.05. The maximum absolute atomic E-state index is 13.2. The summed E-state index contributed by atoms with van der Waals surface area (Å²) in [6.07, 6.45) is 0.997. The third kappa shape index (κ3) is 3.29. The summed E-state index contributed by atoms with van der Waals surface area (Å²) in [6.45, 7) is 3.74. The molecule has 0 saturated heterocycles. The summed E-state index contributed by atoms with van der Waals surface area (Å²) in [5.74, 6) is -4.23. The van der Waals surface area contributed by atoms with Gasteiger partial charge in [0.1, 0.15) is 6.61 Å². The van der Waals surface area contributed by atoms with Gasteiger partial charge in [-0.05, 0) is 23.0 Å². The fourth-order valence-corrected chi connectivity index (χ4v) is 2.49. The quantitative estimate of drug-likeness (QED) is 0.669. The Labute approximate surface area is 122 Å². The Morgan fingerprint density at radius 1 is 1.33 bits per heavy atom. The molecule has 4 nitrogen and oxygen atoms in total. The third-order valence-electron chi connectivity index (χ3n) is 3.92. The standard InChI is InChI=1S/C16H17FO4/c1-16(2)11(8-12(17)14(18)19)13(16)15(20)21-9-10-6-4-3-5-7-10/h3-8,11,13H,9H2,1-2H3,(H,18,19)/b12-8+/t11-,13-/m0/s1. The van der Waals surface area contributed by atoms with E-state index in [-0.39, 0.29) is 6.61 Å². The van der Waals surface area contributed by atoms with E-state index >= 15 is 0 Å². The molecular formula is C16H17FO4. The highest BCUT2D eigenvalue weighted by molar-refractivity contribution is 5.85. The van der Waals surface area contributed by atoms with Gasteiger partial charge < -0.3 is 9.84 Å². The number of hydrogen-bond acceptors (Lipinski definition) is 3. The number of carbonyl (C=O) groups is 2. The second-order valence-electron chi connectivity index (χ2n) is 5.74. The molecule has 0 aromatic heterocycles. The van der Waals surface area contributed by atoms with Gasteiger partial charge in [-0.2, -0.15) is 4.39 Å². The minimum Gasteiger partial charge on any atom is -0.476 e.